The average Bonchev–Trinajstić information content (AvgIpc) is 3.30. The number of ether oxygens (including phenoxy) is 2. The second kappa shape index (κ2) is 11.6. The standard InChI is InChI=1S/C27H30F2N4O4/c1-2-36-24-6-4-3-5-20(24)27(17-30)11-9-19(10-12-27)31-13-14-32-25(34)33-23(16-37-26(33)35)18-7-8-21(28)22(29)15-18/h3-8,15,19,23,31H,2,9-14,16H2,1H3,(H,32,34). The lowest BCUT2D eigenvalue weighted by atomic mass is 9.69. The number of benzene rings is 2. The van der Waals surface area contributed by atoms with Crippen molar-refractivity contribution in [2.24, 2.45) is 0 Å². The number of carbonyl (C=O) groups is 2. The van der Waals surface area contributed by atoms with Crippen molar-refractivity contribution < 1.29 is 27.8 Å². The number of cyclic esters (lactones) is 1. The normalized spacial score (nSPS) is 23.3. The molecule has 10 heteroatoms. The van der Waals surface area contributed by atoms with Crippen LogP contribution in [0.5, 0.6) is 5.75 Å². The van der Waals surface area contributed by atoms with E-state index in [1.807, 2.05) is 31.2 Å². The zero-order valence-corrected chi connectivity index (χ0v) is 20.6. The monoisotopic (exact) mass is 512 g/mol. The van der Waals surface area contributed by atoms with Crippen molar-refractivity contribution in [3.05, 3.63) is 65.2 Å². The summed E-state index contributed by atoms with van der Waals surface area (Å²) in [6, 6.07) is 12.1. The molecule has 2 aromatic carbocycles. The van der Waals surface area contributed by atoms with Crippen LogP contribution in [-0.4, -0.2) is 49.4 Å². The van der Waals surface area contributed by atoms with Crippen LogP contribution >= 0.6 is 0 Å². The minimum Gasteiger partial charge on any atom is -0.494 e. The van der Waals surface area contributed by atoms with Crippen LogP contribution in [0, 0.1) is 23.0 Å². The van der Waals surface area contributed by atoms with Crippen LogP contribution < -0.4 is 15.4 Å². The van der Waals surface area contributed by atoms with Crippen molar-refractivity contribution in [2.75, 3.05) is 26.3 Å². The first kappa shape index (κ1) is 26.4. The molecule has 2 aromatic rings. The molecule has 1 atom stereocenters. The Morgan fingerprint density at radius 2 is 1.95 bits per heavy atom. The summed E-state index contributed by atoms with van der Waals surface area (Å²) >= 11 is 0. The van der Waals surface area contributed by atoms with E-state index in [4.69, 9.17) is 9.47 Å². The van der Waals surface area contributed by atoms with E-state index in [0.29, 0.717) is 26.0 Å². The minimum atomic E-state index is -1.06. The Bertz CT molecular complexity index is 1180. The molecule has 2 N–H and O–H groups in total. The summed E-state index contributed by atoms with van der Waals surface area (Å²) in [5.74, 6) is -1.32. The maximum absolute atomic E-state index is 13.7. The number of hydrogen-bond donors (Lipinski definition) is 2. The molecule has 1 aliphatic heterocycles. The molecular formula is C27H30F2N4O4. The lowest BCUT2D eigenvalue weighted by molar-refractivity contribution is 0.158. The molecule has 196 valence electrons. The summed E-state index contributed by atoms with van der Waals surface area (Å²) in [6.07, 6.45) is 2.12. The predicted octanol–water partition coefficient (Wildman–Crippen LogP) is 4.56. The SMILES string of the molecule is CCOc1ccccc1C1(C#N)CCC(NCCNC(=O)N2C(=O)OCC2c2ccc(F)c(F)c2)CC1. The largest absolute Gasteiger partial charge is 0.494 e. The van der Waals surface area contributed by atoms with Crippen LogP contribution in [0.4, 0.5) is 18.4 Å². The molecule has 0 spiro atoms. The van der Waals surface area contributed by atoms with Crippen LogP contribution in [-0.2, 0) is 10.2 Å². The van der Waals surface area contributed by atoms with E-state index in [9.17, 15) is 23.6 Å². The zero-order chi connectivity index (χ0) is 26.4. The van der Waals surface area contributed by atoms with Gasteiger partial charge in [-0.05, 0) is 56.4 Å². The Morgan fingerprint density at radius 3 is 2.65 bits per heavy atom. The number of nitrogens with one attached hydrogen (secondary N) is 2. The number of rotatable bonds is 8. The van der Waals surface area contributed by atoms with Crippen molar-refractivity contribution in [3.63, 3.8) is 0 Å². The number of para-hydroxylation sites is 1. The number of nitriles is 1. The number of imide groups is 1. The van der Waals surface area contributed by atoms with E-state index in [1.165, 1.54) is 6.07 Å². The van der Waals surface area contributed by atoms with E-state index in [0.717, 1.165) is 41.2 Å². The fraction of sp³-hybridized carbons (Fsp3) is 0.444. The quantitative estimate of drug-likeness (QED) is 0.503. The van der Waals surface area contributed by atoms with Gasteiger partial charge in [0.1, 0.15) is 18.4 Å². The van der Waals surface area contributed by atoms with Crippen LogP contribution in [0.15, 0.2) is 42.5 Å². The molecule has 3 amide bonds. The summed E-state index contributed by atoms with van der Waals surface area (Å²) in [5.41, 5.74) is 0.605. The van der Waals surface area contributed by atoms with E-state index in [1.54, 1.807) is 0 Å². The molecule has 37 heavy (non-hydrogen) atoms. The van der Waals surface area contributed by atoms with Gasteiger partial charge in [-0.2, -0.15) is 5.26 Å². The van der Waals surface area contributed by atoms with Crippen LogP contribution in [0.2, 0.25) is 0 Å². The van der Waals surface area contributed by atoms with E-state index >= 15 is 0 Å². The van der Waals surface area contributed by atoms with E-state index < -0.39 is 35.2 Å². The fourth-order valence-corrected chi connectivity index (χ4v) is 5.04. The Kier molecular flexibility index (Phi) is 8.24. The molecule has 2 fully saturated rings. The second-order valence-electron chi connectivity index (χ2n) is 9.22. The van der Waals surface area contributed by atoms with Gasteiger partial charge in [0.2, 0.25) is 0 Å². The third-order valence-electron chi connectivity index (χ3n) is 7.01. The zero-order valence-electron chi connectivity index (χ0n) is 20.6. The van der Waals surface area contributed by atoms with Gasteiger partial charge in [-0.1, -0.05) is 24.3 Å². The summed E-state index contributed by atoms with van der Waals surface area (Å²) in [6.45, 7) is 3.03. The summed E-state index contributed by atoms with van der Waals surface area (Å²) in [5, 5.41) is 16.1. The maximum Gasteiger partial charge on any atom is 0.418 e. The van der Waals surface area contributed by atoms with Gasteiger partial charge in [-0.15, -0.1) is 0 Å². The summed E-state index contributed by atoms with van der Waals surface area (Å²) < 4.78 is 37.7. The molecule has 1 saturated heterocycles. The molecule has 0 aromatic heterocycles. The third-order valence-corrected chi connectivity index (χ3v) is 7.01. The second-order valence-corrected chi connectivity index (χ2v) is 9.22. The van der Waals surface area contributed by atoms with Gasteiger partial charge in [0.25, 0.3) is 0 Å². The van der Waals surface area contributed by atoms with Gasteiger partial charge in [0.15, 0.2) is 11.6 Å². The number of urea groups is 1. The van der Waals surface area contributed by atoms with Gasteiger partial charge in [0, 0.05) is 24.7 Å². The van der Waals surface area contributed by atoms with Crippen LogP contribution in [0.1, 0.15) is 49.8 Å². The van der Waals surface area contributed by atoms with E-state index in [-0.39, 0.29) is 24.8 Å². The minimum absolute atomic E-state index is 0.134. The van der Waals surface area contributed by atoms with Crippen LogP contribution in [0.25, 0.3) is 0 Å². The van der Waals surface area contributed by atoms with E-state index in [2.05, 4.69) is 16.7 Å². The molecule has 1 aliphatic carbocycles. The van der Waals surface area contributed by atoms with Crippen molar-refractivity contribution in [1.29, 1.82) is 5.26 Å². The molecule has 1 saturated carbocycles. The Labute approximate surface area is 214 Å². The lowest BCUT2D eigenvalue weighted by Crippen LogP contribution is -2.46. The predicted molar refractivity (Wildman–Crippen MR) is 131 cm³/mol. The maximum atomic E-state index is 13.7. The topological polar surface area (TPSA) is 104 Å². The molecule has 4 rings (SSSR count). The van der Waals surface area contributed by atoms with Gasteiger partial charge in [-0.25, -0.2) is 23.3 Å². The number of nitrogens with zero attached hydrogens (tertiary/aromatic N) is 2. The summed E-state index contributed by atoms with van der Waals surface area (Å²) in [4.78, 5) is 25.7. The van der Waals surface area contributed by atoms with Crippen molar-refractivity contribution in [1.82, 2.24) is 15.5 Å². The van der Waals surface area contributed by atoms with Crippen LogP contribution in [0.3, 0.4) is 0 Å². The first-order valence-electron chi connectivity index (χ1n) is 12.4. The average molecular weight is 513 g/mol. The fourth-order valence-electron chi connectivity index (χ4n) is 5.04. The highest BCUT2D eigenvalue weighted by atomic mass is 19.2. The molecule has 0 bridgehead atoms. The molecule has 8 nitrogen and oxygen atoms in total. The number of hydrogen-bond acceptors (Lipinski definition) is 6. The first-order valence-corrected chi connectivity index (χ1v) is 12.4. The molecule has 0 radical (unpaired) electrons. The Hall–Kier alpha value is -3.71. The number of halogens is 2. The highest BCUT2D eigenvalue weighted by molar-refractivity contribution is 5.92. The smallest absolute Gasteiger partial charge is 0.418 e. The number of amides is 3. The molecule has 2 aliphatic rings. The summed E-state index contributed by atoms with van der Waals surface area (Å²) in [7, 11) is 0. The van der Waals surface area contributed by atoms with Gasteiger partial charge in [0.05, 0.1) is 18.1 Å². The molecule has 1 heterocycles. The lowest BCUT2D eigenvalue weighted by Gasteiger charge is -2.36. The highest BCUT2D eigenvalue weighted by Gasteiger charge is 2.40. The van der Waals surface area contributed by atoms with Gasteiger partial charge >= 0.3 is 12.1 Å². The Morgan fingerprint density at radius 1 is 1.19 bits per heavy atom. The highest BCUT2D eigenvalue weighted by Crippen LogP contribution is 2.43. The van der Waals surface area contributed by atoms with Gasteiger partial charge < -0.3 is 20.1 Å². The number of carbonyl (C=O) groups excluding carboxylic acids is 2. The molecular weight excluding hydrogens is 482 g/mol. The first-order chi connectivity index (χ1) is 17.9. The van der Waals surface area contributed by atoms with Crippen molar-refractivity contribution in [2.45, 2.75) is 50.1 Å². The van der Waals surface area contributed by atoms with Crippen molar-refractivity contribution in [3.8, 4) is 11.8 Å². The van der Waals surface area contributed by atoms with Crippen molar-refractivity contribution >= 4 is 12.1 Å². The Balaban J connectivity index is 1.27. The molecule has 1 unspecified atom stereocenters. The van der Waals surface area contributed by atoms with Gasteiger partial charge in [-0.3, -0.25) is 0 Å². The third kappa shape index (κ3) is 5.67.